The Kier molecular flexibility index (Phi) is 5.17. The number of hydrogen-bond donors (Lipinski definition) is 2. The molecule has 0 radical (unpaired) electrons. The fraction of sp³-hybridized carbons (Fsp3) is 0.385. The van der Waals surface area contributed by atoms with Gasteiger partial charge in [0.05, 0.1) is 12.7 Å². The van der Waals surface area contributed by atoms with Crippen molar-refractivity contribution in [3.8, 4) is 0 Å². The van der Waals surface area contributed by atoms with E-state index in [9.17, 15) is 9.59 Å². The van der Waals surface area contributed by atoms with Crippen LogP contribution in [0.5, 0.6) is 0 Å². The fourth-order valence-electron chi connectivity index (χ4n) is 1.65. The summed E-state index contributed by atoms with van der Waals surface area (Å²) in [5.74, 6) is -0.477. The second kappa shape index (κ2) is 6.63. The highest BCUT2D eigenvalue weighted by Crippen LogP contribution is 2.17. The van der Waals surface area contributed by atoms with Crippen molar-refractivity contribution >= 4 is 23.3 Å². The van der Waals surface area contributed by atoms with Gasteiger partial charge >= 0.3 is 5.97 Å². The molecule has 104 valence electrons. The molecule has 0 aliphatic heterocycles. The molecule has 0 saturated heterocycles. The Morgan fingerprint density at radius 2 is 2.00 bits per heavy atom. The zero-order valence-electron chi connectivity index (χ0n) is 11.2. The Balaban J connectivity index is 2.59. The number of nitrogen functional groups attached to an aromatic ring is 2. The summed E-state index contributed by atoms with van der Waals surface area (Å²) in [4.78, 5) is 24.6. The molecule has 1 aromatic carbocycles. The van der Waals surface area contributed by atoms with Crippen molar-refractivity contribution in [2.24, 2.45) is 0 Å². The van der Waals surface area contributed by atoms with E-state index in [0.29, 0.717) is 29.9 Å². The van der Waals surface area contributed by atoms with E-state index in [0.717, 1.165) is 0 Å². The van der Waals surface area contributed by atoms with Crippen molar-refractivity contribution in [3.63, 3.8) is 0 Å². The number of nitrogens with two attached hydrogens (primary N) is 2. The Hall–Kier alpha value is -2.24. The maximum absolute atomic E-state index is 12.1. The van der Waals surface area contributed by atoms with E-state index in [1.165, 1.54) is 12.0 Å². The smallest absolute Gasteiger partial charge is 0.305 e. The molecule has 0 heterocycles. The number of hydrogen-bond acceptors (Lipinski definition) is 5. The summed E-state index contributed by atoms with van der Waals surface area (Å²) in [5.41, 5.74) is 12.6. The third-order valence-corrected chi connectivity index (χ3v) is 2.75. The summed E-state index contributed by atoms with van der Waals surface area (Å²) in [6.45, 7) is 0.456. The van der Waals surface area contributed by atoms with Crippen LogP contribution in [0.15, 0.2) is 18.2 Å². The van der Waals surface area contributed by atoms with Gasteiger partial charge in [-0.3, -0.25) is 9.59 Å². The van der Waals surface area contributed by atoms with Crippen LogP contribution in [0.1, 0.15) is 23.2 Å². The lowest BCUT2D eigenvalue weighted by Crippen LogP contribution is -2.28. The molecule has 0 spiro atoms. The quantitative estimate of drug-likeness (QED) is 0.608. The van der Waals surface area contributed by atoms with Crippen molar-refractivity contribution in [2.75, 3.05) is 32.2 Å². The van der Waals surface area contributed by atoms with E-state index in [1.54, 1.807) is 25.2 Å². The molecular formula is C13H19N3O3. The van der Waals surface area contributed by atoms with Gasteiger partial charge in [0, 0.05) is 31.4 Å². The largest absolute Gasteiger partial charge is 0.469 e. The molecule has 0 unspecified atom stereocenters. The molecular weight excluding hydrogens is 246 g/mol. The van der Waals surface area contributed by atoms with Gasteiger partial charge in [-0.2, -0.15) is 0 Å². The molecule has 0 aliphatic carbocycles. The van der Waals surface area contributed by atoms with Crippen LogP contribution in [0.2, 0.25) is 0 Å². The van der Waals surface area contributed by atoms with E-state index in [-0.39, 0.29) is 18.3 Å². The van der Waals surface area contributed by atoms with E-state index in [1.807, 2.05) is 0 Å². The number of benzene rings is 1. The normalized spacial score (nSPS) is 10.0. The highest BCUT2D eigenvalue weighted by atomic mass is 16.5. The maximum atomic E-state index is 12.1. The molecule has 4 N–H and O–H groups in total. The van der Waals surface area contributed by atoms with Crippen LogP contribution in [0, 0.1) is 0 Å². The highest BCUT2D eigenvalue weighted by molar-refractivity contribution is 5.99. The molecule has 0 aromatic heterocycles. The van der Waals surface area contributed by atoms with Crippen LogP contribution in [-0.4, -0.2) is 37.5 Å². The van der Waals surface area contributed by atoms with E-state index < -0.39 is 0 Å². The van der Waals surface area contributed by atoms with Crippen LogP contribution in [-0.2, 0) is 9.53 Å². The molecule has 6 nitrogen and oxygen atoms in total. The highest BCUT2D eigenvalue weighted by Gasteiger charge is 2.14. The number of amides is 1. The number of carbonyl (C=O) groups is 2. The van der Waals surface area contributed by atoms with Crippen LogP contribution in [0.3, 0.4) is 0 Å². The summed E-state index contributed by atoms with van der Waals surface area (Å²) in [7, 11) is 3.00. The Labute approximate surface area is 112 Å². The van der Waals surface area contributed by atoms with Gasteiger partial charge in [0.15, 0.2) is 0 Å². The second-order valence-electron chi connectivity index (χ2n) is 4.25. The van der Waals surface area contributed by atoms with Gasteiger partial charge in [-0.25, -0.2) is 0 Å². The number of anilines is 2. The molecule has 1 amide bonds. The Morgan fingerprint density at radius 1 is 1.32 bits per heavy atom. The predicted molar refractivity (Wildman–Crippen MR) is 73.5 cm³/mol. The Morgan fingerprint density at radius 3 is 2.58 bits per heavy atom. The van der Waals surface area contributed by atoms with Gasteiger partial charge in [0.2, 0.25) is 0 Å². The van der Waals surface area contributed by atoms with Crippen molar-refractivity contribution in [2.45, 2.75) is 12.8 Å². The van der Waals surface area contributed by atoms with Gasteiger partial charge in [-0.05, 0) is 24.6 Å². The number of nitrogens with zero attached hydrogens (tertiary/aromatic N) is 1. The summed E-state index contributed by atoms with van der Waals surface area (Å²) in [6, 6.07) is 4.78. The van der Waals surface area contributed by atoms with Crippen LogP contribution in [0.4, 0.5) is 11.4 Å². The predicted octanol–water partition coefficient (Wildman–Crippen LogP) is 0.876. The molecule has 0 bridgehead atoms. The molecule has 1 aromatic rings. The van der Waals surface area contributed by atoms with Crippen LogP contribution < -0.4 is 11.5 Å². The summed E-state index contributed by atoms with van der Waals surface area (Å²) in [6.07, 6.45) is 0.829. The zero-order chi connectivity index (χ0) is 14.4. The molecule has 0 atom stereocenters. The fourth-order valence-corrected chi connectivity index (χ4v) is 1.65. The monoisotopic (exact) mass is 265 g/mol. The van der Waals surface area contributed by atoms with E-state index in [2.05, 4.69) is 4.74 Å². The van der Waals surface area contributed by atoms with Crippen molar-refractivity contribution in [1.82, 2.24) is 4.90 Å². The average Bonchev–Trinajstić information content (AvgIpc) is 2.37. The van der Waals surface area contributed by atoms with Crippen molar-refractivity contribution in [3.05, 3.63) is 23.8 Å². The first-order chi connectivity index (χ1) is 8.95. The molecule has 0 aliphatic rings. The Bertz CT molecular complexity index is 474. The van der Waals surface area contributed by atoms with E-state index in [4.69, 9.17) is 11.5 Å². The lowest BCUT2D eigenvalue weighted by molar-refractivity contribution is -0.140. The number of methoxy groups -OCH3 is 1. The average molecular weight is 265 g/mol. The summed E-state index contributed by atoms with van der Waals surface area (Å²) in [5, 5.41) is 0. The number of carbonyl (C=O) groups excluding carboxylic acids is 2. The minimum absolute atomic E-state index is 0.192. The minimum Gasteiger partial charge on any atom is -0.469 e. The second-order valence-corrected chi connectivity index (χ2v) is 4.25. The van der Waals surface area contributed by atoms with Crippen molar-refractivity contribution < 1.29 is 14.3 Å². The summed E-state index contributed by atoms with van der Waals surface area (Å²) >= 11 is 0. The minimum atomic E-state index is -0.284. The standard InChI is InChI=1S/C13H19N3O3/c1-16(7-3-4-12(17)19-2)13(18)10-6-5-9(14)8-11(10)15/h5-6,8H,3-4,7,14-15H2,1-2H3. The van der Waals surface area contributed by atoms with Gasteiger partial charge in [0.1, 0.15) is 0 Å². The molecule has 0 saturated carbocycles. The first kappa shape index (κ1) is 14.8. The number of esters is 1. The zero-order valence-corrected chi connectivity index (χ0v) is 11.2. The molecule has 19 heavy (non-hydrogen) atoms. The lowest BCUT2D eigenvalue weighted by Gasteiger charge is -2.18. The van der Waals surface area contributed by atoms with Crippen LogP contribution >= 0.6 is 0 Å². The van der Waals surface area contributed by atoms with Gasteiger partial charge in [0.25, 0.3) is 5.91 Å². The maximum Gasteiger partial charge on any atom is 0.305 e. The third kappa shape index (κ3) is 4.17. The molecule has 6 heteroatoms. The lowest BCUT2D eigenvalue weighted by atomic mass is 10.1. The SMILES string of the molecule is COC(=O)CCCN(C)C(=O)c1ccc(N)cc1N. The third-order valence-electron chi connectivity index (χ3n) is 2.75. The molecule has 0 fully saturated rings. The number of ether oxygens (including phenoxy) is 1. The van der Waals surface area contributed by atoms with E-state index >= 15 is 0 Å². The van der Waals surface area contributed by atoms with Crippen molar-refractivity contribution in [1.29, 1.82) is 0 Å². The van der Waals surface area contributed by atoms with Gasteiger partial charge < -0.3 is 21.1 Å². The first-order valence-electron chi connectivity index (χ1n) is 5.93. The van der Waals surface area contributed by atoms with Gasteiger partial charge in [-0.1, -0.05) is 0 Å². The number of rotatable bonds is 5. The topological polar surface area (TPSA) is 98.6 Å². The van der Waals surface area contributed by atoms with Crippen LogP contribution in [0.25, 0.3) is 0 Å². The molecule has 1 rings (SSSR count). The first-order valence-corrected chi connectivity index (χ1v) is 5.93. The van der Waals surface area contributed by atoms with Gasteiger partial charge in [-0.15, -0.1) is 0 Å². The summed E-state index contributed by atoms with van der Waals surface area (Å²) < 4.78 is 4.53.